The monoisotopic (exact) mass is 332 g/mol. The number of carbonyl (C=O) groups is 1. The number of sulfone groups is 1. The van der Waals surface area contributed by atoms with Crippen LogP contribution in [0.1, 0.15) is 39.5 Å². The zero-order chi connectivity index (χ0) is 16.2. The molecule has 2 heterocycles. The van der Waals surface area contributed by atoms with Crippen molar-refractivity contribution in [1.82, 2.24) is 10.6 Å². The second-order valence-corrected chi connectivity index (χ2v) is 9.08. The van der Waals surface area contributed by atoms with E-state index in [4.69, 9.17) is 4.74 Å². The molecule has 6 nitrogen and oxygen atoms in total. The van der Waals surface area contributed by atoms with Crippen molar-refractivity contribution < 1.29 is 17.9 Å². The Labute approximate surface area is 133 Å². The number of urea groups is 1. The number of hydrogen-bond acceptors (Lipinski definition) is 4. The van der Waals surface area contributed by atoms with Crippen LogP contribution in [0.15, 0.2) is 0 Å². The summed E-state index contributed by atoms with van der Waals surface area (Å²) in [5.74, 6) is 1.24. The first-order valence-corrected chi connectivity index (χ1v) is 10.0. The van der Waals surface area contributed by atoms with Crippen molar-refractivity contribution >= 4 is 15.9 Å². The van der Waals surface area contributed by atoms with E-state index in [1.54, 1.807) is 0 Å². The van der Waals surface area contributed by atoms with Gasteiger partial charge in [-0.05, 0) is 51.4 Å². The molecule has 2 atom stereocenters. The lowest BCUT2D eigenvalue weighted by atomic mass is 9.92. The van der Waals surface area contributed by atoms with Gasteiger partial charge in [0.1, 0.15) is 9.84 Å². The van der Waals surface area contributed by atoms with Crippen LogP contribution in [0.3, 0.4) is 0 Å². The molecular formula is C15H28N2O4S. The first-order chi connectivity index (χ1) is 10.3. The van der Waals surface area contributed by atoms with Gasteiger partial charge in [0.05, 0.1) is 23.7 Å². The molecule has 0 bridgehead atoms. The predicted octanol–water partition coefficient (Wildman–Crippen LogP) is 1.31. The molecule has 2 unspecified atom stereocenters. The van der Waals surface area contributed by atoms with Gasteiger partial charge in [-0.25, -0.2) is 13.2 Å². The highest BCUT2D eigenvalue weighted by Crippen LogP contribution is 2.24. The molecular weight excluding hydrogens is 304 g/mol. The summed E-state index contributed by atoms with van der Waals surface area (Å²) in [7, 11) is -2.83. The molecule has 2 aliphatic heterocycles. The van der Waals surface area contributed by atoms with Gasteiger partial charge in [0, 0.05) is 13.1 Å². The van der Waals surface area contributed by atoms with Crippen molar-refractivity contribution in [2.75, 3.05) is 24.6 Å². The fourth-order valence-corrected chi connectivity index (χ4v) is 4.98. The van der Waals surface area contributed by atoms with Gasteiger partial charge < -0.3 is 15.4 Å². The Morgan fingerprint density at radius 1 is 1.00 bits per heavy atom. The van der Waals surface area contributed by atoms with E-state index in [1.165, 1.54) is 0 Å². The number of carbonyl (C=O) groups excluding carboxylic acids is 1. The number of ether oxygens (including phenoxy) is 1. The van der Waals surface area contributed by atoms with Crippen LogP contribution in [0.2, 0.25) is 0 Å². The topological polar surface area (TPSA) is 84.5 Å². The molecule has 0 radical (unpaired) electrons. The smallest absolute Gasteiger partial charge is 0.314 e. The second-order valence-electron chi connectivity index (χ2n) is 6.78. The Balaban J connectivity index is 1.62. The molecule has 128 valence electrons. The summed E-state index contributed by atoms with van der Waals surface area (Å²) >= 11 is 0. The summed E-state index contributed by atoms with van der Waals surface area (Å²) in [6, 6.07) is -0.153. The highest BCUT2D eigenvalue weighted by molar-refractivity contribution is 7.91. The Morgan fingerprint density at radius 3 is 2.05 bits per heavy atom. The van der Waals surface area contributed by atoms with Gasteiger partial charge in [-0.1, -0.05) is 0 Å². The Morgan fingerprint density at radius 2 is 1.50 bits per heavy atom. The lowest BCUT2D eigenvalue weighted by molar-refractivity contribution is -0.0511. The molecule has 22 heavy (non-hydrogen) atoms. The second kappa shape index (κ2) is 7.64. The van der Waals surface area contributed by atoms with Crippen LogP contribution in [-0.2, 0) is 14.6 Å². The molecule has 2 N–H and O–H groups in total. The van der Waals surface area contributed by atoms with E-state index in [0.29, 0.717) is 31.8 Å². The number of amides is 2. The molecule has 0 saturated carbocycles. The maximum atomic E-state index is 11.8. The first-order valence-electron chi connectivity index (χ1n) is 8.21. The van der Waals surface area contributed by atoms with Gasteiger partial charge >= 0.3 is 6.03 Å². The molecule has 2 aliphatic rings. The Bertz CT molecular complexity index is 456. The minimum atomic E-state index is -2.83. The summed E-state index contributed by atoms with van der Waals surface area (Å²) in [5, 5.41) is 5.79. The molecule has 7 heteroatoms. The summed E-state index contributed by atoms with van der Waals surface area (Å²) in [6.45, 7) is 5.37. The molecule has 0 aromatic carbocycles. The molecule has 2 fully saturated rings. The van der Waals surface area contributed by atoms with Crippen LogP contribution in [0.5, 0.6) is 0 Å². The van der Waals surface area contributed by atoms with Crippen LogP contribution in [0.25, 0.3) is 0 Å². The lowest BCUT2D eigenvalue weighted by Gasteiger charge is -2.32. The van der Waals surface area contributed by atoms with E-state index in [0.717, 1.165) is 12.8 Å². The van der Waals surface area contributed by atoms with Crippen LogP contribution in [-0.4, -0.2) is 51.3 Å². The summed E-state index contributed by atoms with van der Waals surface area (Å²) in [5.41, 5.74) is 0. The number of hydrogen-bond donors (Lipinski definition) is 2. The van der Waals surface area contributed by atoms with Gasteiger partial charge in [-0.3, -0.25) is 0 Å². The average Bonchev–Trinajstić information content (AvgIpc) is 2.43. The fourth-order valence-electron chi connectivity index (χ4n) is 3.39. The van der Waals surface area contributed by atoms with Gasteiger partial charge in [0.2, 0.25) is 0 Å². The fraction of sp³-hybridized carbons (Fsp3) is 0.933. The normalized spacial score (nSPS) is 32.4. The number of nitrogens with one attached hydrogen (secondary N) is 2. The standard InChI is InChI=1S/C15H28N2O4S/c1-11-7-14(8-12(2)21-11)10-17-15(18)16-9-13-3-5-22(19,20)6-4-13/h11-14H,3-10H2,1-2H3,(H2,16,17,18). The number of rotatable bonds is 4. The lowest BCUT2D eigenvalue weighted by Crippen LogP contribution is -2.43. The van der Waals surface area contributed by atoms with Crippen molar-refractivity contribution in [1.29, 1.82) is 0 Å². The van der Waals surface area contributed by atoms with Crippen molar-refractivity contribution in [3.05, 3.63) is 0 Å². The van der Waals surface area contributed by atoms with Gasteiger partial charge in [-0.15, -0.1) is 0 Å². The summed E-state index contributed by atoms with van der Waals surface area (Å²) < 4.78 is 28.4. The van der Waals surface area contributed by atoms with E-state index in [2.05, 4.69) is 24.5 Å². The molecule has 0 aromatic heterocycles. The maximum Gasteiger partial charge on any atom is 0.314 e. The van der Waals surface area contributed by atoms with Crippen LogP contribution in [0.4, 0.5) is 4.79 Å². The third-order valence-electron chi connectivity index (χ3n) is 4.57. The van der Waals surface area contributed by atoms with E-state index < -0.39 is 9.84 Å². The molecule has 0 aliphatic carbocycles. The zero-order valence-electron chi connectivity index (χ0n) is 13.5. The highest BCUT2D eigenvalue weighted by atomic mass is 32.2. The summed E-state index contributed by atoms with van der Waals surface area (Å²) in [6.07, 6.45) is 3.76. The van der Waals surface area contributed by atoms with Crippen molar-refractivity contribution in [2.45, 2.75) is 51.7 Å². The average molecular weight is 332 g/mol. The Hall–Kier alpha value is -0.820. The van der Waals surface area contributed by atoms with Gasteiger partial charge in [0.15, 0.2) is 0 Å². The summed E-state index contributed by atoms with van der Waals surface area (Å²) in [4.78, 5) is 11.8. The van der Waals surface area contributed by atoms with E-state index in [9.17, 15) is 13.2 Å². The zero-order valence-corrected chi connectivity index (χ0v) is 14.3. The molecule has 2 rings (SSSR count). The third kappa shape index (κ3) is 5.76. The van der Waals surface area contributed by atoms with Crippen LogP contribution >= 0.6 is 0 Å². The SMILES string of the molecule is CC1CC(CNC(=O)NCC2CCS(=O)(=O)CC2)CC(C)O1. The molecule has 2 saturated heterocycles. The molecule has 0 aromatic rings. The van der Waals surface area contributed by atoms with E-state index in [1.807, 2.05) is 0 Å². The van der Waals surface area contributed by atoms with E-state index >= 15 is 0 Å². The third-order valence-corrected chi connectivity index (χ3v) is 6.29. The quantitative estimate of drug-likeness (QED) is 0.813. The predicted molar refractivity (Wildman–Crippen MR) is 85.5 cm³/mol. The minimum absolute atomic E-state index is 0.153. The first kappa shape index (κ1) is 17.5. The van der Waals surface area contributed by atoms with Gasteiger partial charge in [0.25, 0.3) is 0 Å². The Kier molecular flexibility index (Phi) is 6.09. The maximum absolute atomic E-state index is 11.8. The van der Waals surface area contributed by atoms with E-state index in [-0.39, 0.29) is 35.7 Å². The van der Waals surface area contributed by atoms with Crippen molar-refractivity contribution in [3.63, 3.8) is 0 Å². The molecule has 0 spiro atoms. The van der Waals surface area contributed by atoms with Crippen molar-refractivity contribution in [3.8, 4) is 0 Å². The largest absolute Gasteiger partial charge is 0.376 e. The molecule has 2 amide bonds. The highest BCUT2D eigenvalue weighted by Gasteiger charge is 2.25. The van der Waals surface area contributed by atoms with Gasteiger partial charge in [-0.2, -0.15) is 0 Å². The minimum Gasteiger partial charge on any atom is -0.376 e. The van der Waals surface area contributed by atoms with Crippen LogP contribution < -0.4 is 10.6 Å². The van der Waals surface area contributed by atoms with Crippen molar-refractivity contribution in [2.24, 2.45) is 11.8 Å². The van der Waals surface area contributed by atoms with Crippen LogP contribution in [0, 0.1) is 11.8 Å².